The van der Waals surface area contributed by atoms with E-state index in [2.05, 4.69) is 5.32 Å². The van der Waals surface area contributed by atoms with Gasteiger partial charge in [-0.2, -0.15) is 0 Å². The Labute approximate surface area is 118 Å². The highest BCUT2D eigenvalue weighted by Crippen LogP contribution is 2.21. The molecule has 20 heavy (non-hydrogen) atoms. The molecule has 0 amide bonds. The topological polar surface area (TPSA) is 89.3 Å². The van der Waals surface area contributed by atoms with Crippen LogP contribution in [0.5, 0.6) is 0 Å². The highest BCUT2D eigenvalue weighted by molar-refractivity contribution is 7.91. The molecular weight excluding hydrogens is 280 g/mol. The maximum Gasteiger partial charge on any atom is 0.272 e. The van der Waals surface area contributed by atoms with E-state index < -0.39 is 9.84 Å². The Kier molecular flexibility index (Phi) is 4.39. The predicted octanol–water partition coefficient (Wildman–Crippen LogP) is 1.43. The van der Waals surface area contributed by atoms with Crippen LogP contribution >= 0.6 is 0 Å². The van der Waals surface area contributed by atoms with Gasteiger partial charge in [0.1, 0.15) is 0 Å². The third-order valence-electron chi connectivity index (χ3n) is 3.69. The molecular formula is C13H18N2O4S. The molecule has 1 N–H and O–H groups in total. The number of nitrogens with one attached hydrogen (secondary N) is 1. The van der Waals surface area contributed by atoms with E-state index in [-0.39, 0.29) is 28.0 Å². The molecule has 0 bridgehead atoms. The minimum atomic E-state index is -2.85. The molecule has 1 unspecified atom stereocenters. The van der Waals surface area contributed by atoms with Gasteiger partial charge in [-0.15, -0.1) is 0 Å². The number of rotatable bonds is 5. The van der Waals surface area contributed by atoms with Crippen molar-refractivity contribution in [2.45, 2.75) is 19.9 Å². The van der Waals surface area contributed by atoms with Crippen molar-refractivity contribution in [3.05, 3.63) is 39.4 Å². The van der Waals surface area contributed by atoms with Gasteiger partial charge in [-0.05, 0) is 31.4 Å². The van der Waals surface area contributed by atoms with Crippen molar-refractivity contribution in [1.82, 2.24) is 5.32 Å². The van der Waals surface area contributed by atoms with Crippen LogP contribution in [-0.4, -0.2) is 31.4 Å². The second-order valence-corrected chi connectivity index (χ2v) is 7.45. The average Bonchev–Trinajstić information content (AvgIpc) is 2.71. The SMILES string of the molecule is Cc1c(CNCC2CCS(=O)(=O)C2)cccc1[N+](=O)[O-]. The number of benzene rings is 1. The van der Waals surface area contributed by atoms with Crippen LogP contribution in [-0.2, 0) is 16.4 Å². The summed E-state index contributed by atoms with van der Waals surface area (Å²) < 4.78 is 22.7. The van der Waals surface area contributed by atoms with Gasteiger partial charge in [0.05, 0.1) is 16.4 Å². The summed E-state index contributed by atoms with van der Waals surface area (Å²) in [4.78, 5) is 10.5. The standard InChI is InChI=1S/C13H18N2O4S/c1-10-12(3-2-4-13(10)15(16)17)8-14-7-11-5-6-20(18,19)9-11/h2-4,11,14H,5-9H2,1H3. The number of nitro benzene ring substituents is 1. The first-order valence-corrected chi connectivity index (χ1v) is 8.35. The largest absolute Gasteiger partial charge is 0.312 e. The fourth-order valence-electron chi connectivity index (χ4n) is 2.50. The summed E-state index contributed by atoms with van der Waals surface area (Å²) in [6.45, 7) is 2.88. The first-order valence-electron chi connectivity index (χ1n) is 6.53. The van der Waals surface area contributed by atoms with Gasteiger partial charge in [0, 0.05) is 18.2 Å². The van der Waals surface area contributed by atoms with Gasteiger partial charge in [-0.3, -0.25) is 10.1 Å². The van der Waals surface area contributed by atoms with Gasteiger partial charge in [0.2, 0.25) is 0 Å². The molecule has 0 spiro atoms. The number of nitro groups is 1. The Hall–Kier alpha value is -1.47. The summed E-state index contributed by atoms with van der Waals surface area (Å²) in [6.07, 6.45) is 0.698. The first-order chi connectivity index (χ1) is 9.39. The van der Waals surface area contributed by atoms with Crippen LogP contribution in [0.4, 0.5) is 5.69 Å². The van der Waals surface area contributed by atoms with Crippen LogP contribution < -0.4 is 5.32 Å². The van der Waals surface area contributed by atoms with E-state index in [0.29, 0.717) is 25.1 Å². The van der Waals surface area contributed by atoms with Crippen molar-refractivity contribution < 1.29 is 13.3 Å². The summed E-state index contributed by atoms with van der Waals surface area (Å²) in [5.74, 6) is 0.669. The third-order valence-corrected chi connectivity index (χ3v) is 5.53. The Balaban J connectivity index is 1.92. The Bertz CT molecular complexity index is 613. The third kappa shape index (κ3) is 3.55. The Morgan fingerprint density at radius 3 is 2.80 bits per heavy atom. The highest BCUT2D eigenvalue weighted by Gasteiger charge is 2.27. The number of sulfone groups is 1. The maximum absolute atomic E-state index is 11.3. The molecule has 1 aliphatic heterocycles. The molecule has 0 radical (unpaired) electrons. The molecule has 1 aromatic rings. The van der Waals surface area contributed by atoms with Crippen LogP contribution in [0.2, 0.25) is 0 Å². The quantitative estimate of drug-likeness (QED) is 0.656. The number of hydrogen-bond donors (Lipinski definition) is 1. The molecule has 1 aromatic carbocycles. The fourth-order valence-corrected chi connectivity index (χ4v) is 4.37. The van der Waals surface area contributed by atoms with Gasteiger partial charge in [-0.1, -0.05) is 12.1 Å². The van der Waals surface area contributed by atoms with Crippen LogP contribution in [0.15, 0.2) is 18.2 Å². The molecule has 1 heterocycles. The lowest BCUT2D eigenvalue weighted by Gasteiger charge is -2.11. The summed E-state index contributed by atoms with van der Waals surface area (Å²) in [7, 11) is -2.85. The zero-order valence-electron chi connectivity index (χ0n) is 11.3. The summed E-state index contributed by atoms with van der Waals surface area (Å²) in [5.41, 5.74) is 1.65. The molecule has 1 saturated heterocycles. The molecule has 7 heteroatoms. The van der Waals surface area contributed by atoms with Gasteiger partial charge in [-0.25, -0.2) is 8.42 Å². The van der Waals surface area contributed by atoms with Crippen LogP contribution in [0.25, 0.3) is 0 Å². The smallest absolute Gasteiger partial charge is 0.272 e. The van der Waals surface area contributed by atoms with E-state index in [1.54, 1.807) is 13.0 Å². The maximum atomic E-state index is 11.3. The van der Waals surface area contributed by atoms with Crippen LogP contribution in [0.1, 0.15) is 17.5 Å². The van der Waals surface area contributed by atoms with E-state index in [1.807, 2.05) is 6.07 Å². The number of hydrogen-bond acceptors (Lipinski definition) is 5. The first kappa shape index (κ1) is 14.9. The molecule has 1 aliphatic rings. The molecule has 6 nitrogen and oxygen atoms in total. The van der Waals surface area contributed by atoms with Crippen molar-refractivity contribution in [2.75, 3.05) is 18.1 Å². The van der Waals surface area contributed by atoms with Gasteiger partial charge in [0.15, 0.2) is 9.84 Å². The van der Waals surface area contributed by atoms with Crippen LogP contribution in [0, 0.1) is 23.0 Å². The summed E-state index contributed by atoms with van der Waals surface area (Å²) in [6, 6.07) is 5.01. The average molecular weight is 298 g/mol. The van der Waals surface area contributed by atoms with Gasteiger partial charge >= 0.3 is 0 Å². The van der Waals surface area contributed by atoms with Gasteiger partial charge < -0.3 is 5.32 Å². The summed E-state index contributed by atoms with van der Waals surface area (Å²) in [5, 5.41) is 14.0. The summed E-state index contributed by atoms with van der Waals surface area (Å²) >= 11 is 0. The molecule has 110 valence electrons. The predicted molar refractivity (Wildman–Crippen MR) is 76.3 cm³/mol. The van der Waals surface area contributed by atoms with E-state index in [4.69, 9.17) is 0 Å². The second-order valence-electron chi connectivity index (χ2n) is 5.22. The van der Waals surface area contributed by atoms with E-state index in [1.165, 1.54) is 6.07 Å². The van der Waals surface area contributed by atoms with E-state index >= 15 is 0 Å². The van der Waals surface area contributed by atoms with E-state index in [9.17, 15) is 18.5 Å². The molecule has 0 saturated carbocycles. The molecule has 0 aromatic heterocycles. The Morgan fingerprint density at radius 1 is 1.45 bits per heavy atom. The minimum absolute atomic E-state index is 0.118. The highest BCUT2D eigenvalue weighted by atomic mass is 32.2. The molecule has 0 aliphatic carbocycles. The monoisotopic (exact) mass is 298 g/mol. The van der Waals surface area contributed by atoms with Crippen molar-refractivity contribution >= 4 is 15.5 Å². The zero-order chi connectivity index (χ0) is 14.8. The molecule has 2 rings (SSSR count). The van der Waals surface area contributed by atoms with Crippen molar-refractivity contribution in [3.8, 4) is 0 Å². The molecule has 1 fully saturated rings. The minimum Gasteiger partial charge on any atom is -0.312 e. The lowest BCUT2D eigenvalue weighted by Crippen LogP contribution is -2.23. The normalized spacial score (nSPS) is 20.9. The Morgan fingerprint density at radius 2 is 2.20 bits per heavy atom. The number of nitrogens with zero attached hydrogens (tertiary/aromatic N) is 1. The van der Waals surface area contributed by atoms with E-state index in [0.717, 1.165) is 5.56 Å². The van der Waals surface area contributed by atoms with Gasteiger partial charge in [0.25, 0.3) is 5.69 Å². The zero-order valence-corrected chi connectivity index (χ0v) is 12.1. The second kappa shape index (κ2) is 5.88. The fraction of sp³-hybridized carbons (Fsp3) is 0.538. The molecule has 1 atom stereocenters. The lowest BCUT2D eigenvalue weighted by atomic mass is 10.1. The van der Waals surface area contributed by atoms with Crippen molar-refractivity contribution in [2.24, 2.45) is 5.92 Å². The van der Waals surface area contributed by atoms with Crippen molar-refractivity contribution in [3.63, 3.8) is 0 Å². The van der Waals surface area contributed by atoms with Crippen molar-refractivity contribution in [1.29, 1.82) is 0 Å². The lowest BCUT2D eigenvalue weighted by molar-refractivity contribution is -0.385. The van der Waals surface area contributed by atoms with Crippen LogP contribution in [0.3, 0.4) is 0 Å².